The van der Waals surface area contributed by atoms with E-state index in [2.05, 4.69) is 493 Å². The highest BCUT2D eigenvalue weighted by Gasteiger charge is 2.45. The minimum atomic E-state index is -0.0954. The van der Waals surface area contributed by atoms with Crippen LogP contribution < -0.4 is 19.6 Å². The third kappa shape index (κ3) is 22.3. The van der Waals surface area contributed by atoms with Gasteiger partial charge in [-0.15, -0.1) is 22.7 Å². The summed E-state index contributed by atoms with van der Waals surface area (Å²) >= 11 is 3.71. The number of rotatable bonds is 15. The van der Waals surface area contributed by atoms with E-state index in [-0.39, 0.29) is 10.8 Å². The van der Waals surface area contributed by atoms with E-state index in [0.717, 1.165) is 68.0 Å². The molecular formula is C114H126N6S2. The van der Waals surface area contributed by atoms with Gasteiger partial charge >= 0.3 is 0 Å². The molecule has 0 radical (unpaired) electrons. The molecule has 0 spiro atoms. The molecule has 1 aliphatic heterocycles. The maximum absolute atomic E-state index is 4.51. The van der Waals surface area contributed by atoms with Crippen molar-refractivity contribution in [3.8, 4) is 64.7 Å². The molecule has 11 aromatic carbocycles. The Morgan fingerprint density at radius 3 is 1.13 bits per heavy atom. The van der Waals surface area contributed by atoms with Crippen LogP contribution in [-0.4, -0.2) is 17.0 Å². The van der Waals surface area contributed by atoms with Gasteiger partial charge in [0, 0.05) is 124 Å². The molecule has 2 aliphatic carbocycles. The third-order valence-corrected chi connectivity index (χ3v) is 23.2. The Hall–Kier alpha value is -12.1. The van der Waals surface area contributed by atoms with Gasteiger partial charge in [0.2, 0.25) is 5.82 Å². The Morgan fingerprint density at radius 2 is 0.730 bits per heavy atom. The first kappa shape index (κ1) is 92.2. The number of para-hydroxylation sites is 6. The van der Waals surface area contributed by atoms with Gasteiger partial charge < -0.3 is 19.6 Å². The second-order valence-corrected chi connectivity index (χ2v) is 34.1. The van der Waals surface area contributed by atoms with Crippen molar-refractivity contribution in [2.45, 2.75) is 173 Å². The summed E-state index contributed by atoms with van der Waals surface area (Å²) in [6.45, 7) is 40.9. The number of benzene rings is 11. The molecule has 2 atom stereocenters. The largest absolute Gasteiger partial charge is 0.348 e. The average Bonchev–Trinajstić information content (AvgIpc) is 1.57. The van der Waals surface area contributed by atoms with Crippen LogP contribution in [0.2, 0.25) is 0 Å². The van der Waals surface area contributed by atoms with Crippen molar-refractivity contribution < 1.29 is 0 Å². The fourth-order valence-corrected chi connectivity index (χ4v) is 17.4. The Balaban J connectivity index is 0.000000238. The molecule has 0 N–H and O–H groups in total. The monoisotopic (exact) mass is 1640 g/mol. The molecule has 0 bridgehead atoms. The fourth-order valence-electron chi connectivity index (χ4n) is 15.2. The molecule has 14 aromatic rings. The number of nitrogens with zero attached hydrogens (tertiary/aromatic N) is 6. The summed E-state index contributed by atoms with van der Waals surface area (Å²) in [6.07, 6.45) is 18.4. The first-order valence-corrected chi connectivity index (χ1v) is 45.6. The molecule has 4 heterocycles. The van der Waals surface area contributed by atoms with Gasteiger partial charge in [0.05, 0.1) is 0 Å². The van der Waals surface area contributed by atoms with Gasteiger partial charge in [0.1, 0.15) is 0 Å². The van der Waals surface area contributed by atoms with Crippen LogP contribution in [0.15, 0.2) is 352 Å². The fraction of sp³-hybridized carbons (Fsp3) is 0.246. The van der Waals surface area contributed by atoms with E-state index >= 15 is 0 Å². The molecule has 3 aromatic heterocycles. The SMILES string of the molecule is C=C1N(C)c2cc(-c3ccc(-c4ccc(N(c5ccccc5)c5ccccc5)cc4)s3)ccc2C1(C)C.CC#Cc1ncc(C2=CC3C(C=C2)c2ccc(-c4cc(-c5ccc(N(c6ccccc6)c6ccccc6)cc5)c(-c5ccc(N(c6ccccc6)c6ccccc6)cc5)s4)cc2C3(C)C)cn1.CCC.CCC.CCC.CCC.CCC.CCC. The minimum Gasteiger partial charge on any atom is -0.348 e. The van der Waals surface area contributed by atoms with Crippen LogP contribution in [0.1, 0.15) is 190 Å². The van der Waals surface area contributed by atoms with Gasteiger partial charge in [-0.25, -0.2) is 9.97 Å². The number of anilines is 10. The molecule has 0 saturated heterocycles. The van der Waals surface area contributed by atoms with Crippen molar-refractivity contribution >= 4 is 85.1 Å². The lowest BCUT2D eigenvalue weighted by molar-refractivity contribution is 0.395. The van der Waals surface area contributed by atoms with Crippen LogP contribution in [-0.2, 0) is 10.8 Å². The Bertz CT molecular complexity index is 5360. The molecule has 624 valence electrons. The Morgan fingerprint density at radius 1 is 0.377 bits per heavy atom. The highest BCUT2D eigenvalue weighted by molar-refractivity contribution is 7.19. The maximum Gasteiger partial charge on any atom is 0.204 e. The normalized spacial score (nSPS) is 13.6. The molecule has 8 heteroatoms. The summed E-state index contributed by atoms with van der Waals surface area (Å²) in [7, 11) is 2.12. The van der Waals surface area contributed by atoms with Crippen LogP contribution in [0.25, 0.3) is 58.5 Å². The van der Waals surface area contributed by atoms with Gasteiger partial charge in [-0.3, -0.25) is 0 Å². The second kappa shape index (κ2) is 45.5. The van der Waals surface area contributed by atoms with E-state index in [1.54, 1.807) is 0 Å². The summed E-state index contributed by atoms with van der Waals surface area (Å²) in [4.78, 5) is 23.2. The number of likely N-dealkylation sites (N-methyl/N-ethyl adjacent to an activating group) is 1. The number of aromatic nitrogens is 2. The first-order valence-electron chi connectivity index (χ1n) is 44.0. The first-order chi connectivity index (χ1) is 59.3. The number of allylic oxidation sites excluding steroid dienone is 5. The van der Waals surface area contributed by atoms with E-state index in [0.29, 0.717) is 17.7 Å². The van der Waals surface area contributed by atoms with Gasteiger partial charge in [-0.1, -0.05) is 350 Å². The topological polar surface area (TPSA) is 38.7 Å². The van der Waals surface area contributed by atoms with E-state index < -0.39 is 0 Å². The molecule has 2 unspecified atom stereocenters. The Kier molecular flexibility index (Phi) is 34.4. The summed E-state index contributed by atoms with van der Waals surface area (Å²) < 4.78 is 0. The van der Waals surface area contributed by atoms with Gasteiger partial charge in [-0.2, -0.15) is 0 Å². The standard InChI is InChI=1S/C62H48N4S.C34H30N2S.6C3H8/c1-4-17-60-63-41-47(42-64-60)45-30-36-54-55-37-31-46(39-58(55)62(2,3)57(54)38-45)59-40-56(43-26-32-52(33-27-43)65(48-18-9-5-10-19-48)49-20-11-6-12-21-49)61(67-59)44-28-34-53(35-29-44)66(50-22-13-7-14-23-50)51-24-15-8-16-25-51;1-24-34(2,3)30-20-17-26(23-31(30)35(24)4)33-22-21-32(37-33)25-15-18-29(19-16-25)36(27-11-7-5-8-12-27)28-13-9-6-10-14-28;6*1-3-2/h5-16,18-42,54,57H,1-3H3;5-23H,1H2,2-4H3;6*3H2,1-2H3. The average molecular weight is 1640 g/mol. The van der Waals surface area contributed by atoms with Gasteiger partial charge in [-0.05, 0) is 214 Å². The smallest absolute Gasteiger partial charge is 0.204 e. The zero-order valence-corrected chi connectivity index (χ0v) is 77.1. The number of hydrogen-bond donors (Lipinski definition) is 0. The van der Waals surface area contributed by atoms with Gasteiger partial charge in [0.15, 0.2) is 0 Å². The van der Waals surface area contributed by atoms with Crippen LogP contribution in [0, 0.1) is 17.8 Å². The summed E-state index contributed by atoms with van der Waals surface area (Å²) in [5, 5.41) is 0. The van der Waals surface area contributed by atoms with E-state index in [9.17, 15) is 0 Å². The summed E-state index contributed by atoms with van der Waals surface area (Å²) in [6, 6.07) is 111. The number of thiophene rings is 2. The molecule has 0 fully saturated rings. The lowest BCUT2D eigenvalue weighted by Gasteiger charge is -2.31. The Labute approximate surface area is 740 Å². The van der Waals surface area contributed by atoms with Gasteiger partial charge in [0.25, 0.3) is 0 Å². The van der Waals surface area contributed by atoms with Crippen molar-refractivity contribution in [2.24, 2.45) is 5.92 Å². The highest BCUT2D eigenvalue weighted by Crippen LogP contribution is 2.56. The molecule has 122 heavy (non-hydrogen) atoms. The van der Waals surface area contributed by atoms with E-state index in [1.165, 1.54) is 114 Å². The quantitative estimate of drug-likeness (QED) is 0.0953. The molecule has 17 rings (SSSR count). The maximum atomic E-state index is 4.51. The van der Waals surface area contributed by atoms with E-state index in [1.807, 2.05) is 42.0 Å². The molecule has 3 aliphatic rings. The summed E-state index contributed by atoms with van der Waals surface area (Å²) in [5.74, 6) is 7.02. The van der Waals surface area contributed by atoms with Crippen LogP contribution in [0.5, 0.6) is 0 Å². The highest BCUT2D eigenvalue weighted by atomic mass is 32.1. The minimum absolute atomic E-state index is 0.0294. The lowest BCUT2D eigenvalue weighted by atomic mass is 9.73. The lowest BCUT2D eigenvalue weighted by Crippen LogP contribution is -2.25. The number of fused-ring (bicyclic) bond motifs is 4. The zero-order valence-electron chi connectivity index (χ0n) is 75.4. The molecule has 0 amide bonds. The predicted molar refractivity (Wildman–Crippen MR) is 537 cm³/mol. The zero-order chi connectivity index (χ0) is 87.1. The van der Waals surface area contributed by atoms with Crippen molar-refractivity contribution in [1.29, 1.82) is 0 Å². The van der Waals surface area contributed by atoms with Crippen molar-refractivity contribution in [3.63, 3.8) is 0 Å². The predicted octanol–water partition coefficient (Wildman–Crippen LogP) is 34.8. The van der Waals surface area contributed by atoms with Crippen molar-refractivity contribution in [3.05, 3.63) is 380 Å². The third-order valence-electron chi connectivity index (χ3n) is 20.8. The van der Waals surface area contributed by atoms with Crippen molar-refractivity contribution in [1.82, 2.24) is 9.97 Å². The van der Waals surface area contributed by atoms with Crippen LogP contribution >= 0.6 is 22.7 Å². The second-order valence-electron chi connectivity index (χ2n) is 32.0. The molecular weight excluding hydrogens is 1520 g/mol. The van der Waals surface area contributed by atoms with Crippen LogP contribution in [0.3, 0.4) is 0 Å². The molecule has 6 nitrogen and oxygen atoms in total. The molecule has 0 saturated carbocycles. The van der Waals surface area contributed by atoms with Crippen molar-refractivity contribution in [2.75, 3.05) is 26.6 Å². The summed E-state index contributed by atoms with van der Waals surface area (Å²) in [5.41, 5.74) is 26.0. The number of hydrogen-bond acceptors (Lipinski definition) is 8. The van der Waals surface area contributed by atoms with E-state index in [4.69, 9.17) is 0 Å². The van der Waals surface area contributed by atoms with Crippen LogP contribution in [0.4, 0.5) is 56.9 Å².